The number of amides is 1. The van der Waals surface area contributed by atoms with E-state index in [0.717, 1.165) is 36.1 Å². The van der Waals surface area contributed by atoms with Gasteiger partial charge in [0.1, 0.15) is 0 Å². The van der Waals surface area contributed by atoms with Crippen LogP contribution in [0, 0.1) is 6.92 Å². The van der Waals surface area contributed by atoms with E-state index in [9.17, 15) is 4.79 Å². The summed E-state index contributed by atoms with van der Waals surface area (Å²) in [4.78, 5) is 12.8. The van der Waals surface area contributed by atoms with Crippen LogP contribution in [-0.4, -0.2) is 5.91 Å². The molecule has 0 spiro atoms. The third kappa shape index (κ3) is 2.11. The Kier molecular flexibility index (Phi) is 3.31. The average molecular weight is 265 g/mol. The largest absolute Gasteiger partial charge is 0.325 e. The monoisotopic (exact) mass is 265 g/mol. The van der Waals surface area contributed by atoms with Crippen molar-refractivity contribution < 1.29 is 4.79 Å². The molecule has 1 aliphatic carbocycles. The van der Waals surface area contributed by atoms with Crippen molar-refractivity contribution >= 4 is 11.6 Å². The highest BCUT2D eigenvalue weighted by Crippen LogP contribution is 2.44. The van der Waals surface area contributed by atoms with Gasteiger partial charge < -0.3 is 5.32 Å². The lowest BCUT2D eigenvalue weighted by molar-refractivity contribution is -0.124. The van der Waals surface area contributed by atoms with Crippen LogP contribution in [0.1, 0.15) is 30.4 Å². The van der Waals surface area contributed by atoms with Gasteiger partial charge in [-0.2, -0.15) is 0 Å². The molecule has 0 saturated heterocycles. The van der Waals surface area contributed by atoms with Gasteiger partial charge in [0.15, 0.2) is 0 Å². The fourth-order valence-corrected chi connectivity index (χ4v) is 2.89. The van der Waals surface area contributed by atoms with Gasteiger partial charge in [-0.15, -0.1) is 0 Å². The van der Waals surface area contributed by atoms with Crippen molar-refractivity contribution in [2.24, 2.45) is 0 Å². The first-order valence-electron chi connectivity index (χ1n) is 7.15. The SMILES string of the molecule is Cc1ccccc1NC(=O)C1(c2ccccc2)CCC1. The molecule has 0 unspecified atom stereocenters. The number of rotatable bonds is 3. The van der Waals surface area contributed by atoms with Crippen molar-refractivity contribution in [3.05, 3.63) is 65.7 Å². The second-order valence-corrected chi connectivity index (χ2v) is 5.57. The maximum absolute atomic E-state index is 12.8. The van der Waals surface area contributed by atoms with E-state index in [1.807, 2.05) is 49.4 Å². The molecular formula is C18H19NO. The fourth-order valence-electron chi connectivity index (χ4n) is 2.89. The average Bonchev–Trinajstić information content (AvgIpc) is 2.41. The molecule has 1 saturated carbocycles. The van der Waals surface area contributed by atoms with Gasteiger partial charge >= 0.3 is 0 Å². The van der Waals surface area contributed by atoms with Crippen molar-refractivity contribution in [1.82, 2.24) is 0 Å². The van der Waals surface area contributed by atoms with E-state index in [2.05, 4.69) is 17.4 Å². The number of para-hydroxylation sites is 1. The minimum absolute atomic E-state index is 0.129. The minimum Gasteiger partial charge on any atom is -0.325 e. The standard InChI is InChI=1S/C18H19NO/c1-14-8-5-6-11-16(14)19-17(20)18(12-7-13-18)15-9-3-2-4-10-15/h2-6,8-11H,7,12-13H2,1H3,(H,19,20). The Balaban J connectivity index is 1.87. The Morgan fingerprint density at radius 1 is 1.00 bits per heavy atom. The summed E-state index contributed by atoms with van der Waals surface area (Å²) in [5, 5.41) is 3.11. The molecule has 20 heavy (non-hydrogen) atoms. The third-order valence-electron chi connectivity index (χ3n) is 4.36. The number of anilines is 1. The Morgan fingerprint density at radius 3 is 2.25 bits per heavy atom. The molecule has 102 valence electrons. The Hall–Kier alpha value is -2.09. The van der Waals surface area contributed by atoms with Gasteiger partial charge in [0.25, 0.3) is 0 Å². The number of benzene rings is 2. The summed E-state index contributed by atoms with van der Waals surface area (Å²) in [6.07, 6.45) is 3.00. The molecule has 0 aliphatic heterocycles. The predicted molar refractivity (Wildman–Crippen MR) is 81.8 cm³/mol. The van der Waals surface area contributed by atoms with E-state index in [-0.39, 0.29) is 11.3 Å². The second-order valence-electron chi connectivity index (χ2n) is 5.57. The quantitative estimate of drug-likeness (QED) is 0.891. The Labute approximate surface area is 119 Å². The first-order valence-corrected chi connectivity index (χ1v) is 7.15. The highest BCUT2D eigenvalue weighted by Gasteiger charge is 2.45. The zero-order valence-corrected chi connectivity index (χ0v) is 11.7. The van der Waals surface area contributed by atoms with Gasteiger partial charge in [-0.05, 0) is 37.0 Å². The summed E-state index contributed by atoms with van der Waals surface area (Å²) in [6, 6.07) is 18.1. The number of hydrogen-bond acceptors (Lipinski definition) is 1. The third-order valence-corrected chi connectivity index (χ3v) is 4.36. The van der Waals surface area contributed by atoms with Gasteiger partial charge in [-0.1, -0.05) is 55.0 Å². The van der Waals surface area contributed by atoms with Crippen molar-refractivity contribution in [2.45, 2.75) is 31.6 Å². The highest BCUT2D eigenvalue weighted by atomic mass is 16.2. The summed E-state index contributed by atoms with van der Waals surface area (Å²) in [5.74, 6) is 0.129. The van der Waals surface area contributed by atoms with Gasteiger partial charge in [-0.25, -0.2) is 0 Å². The summed E-state index contributed by atoms with van der Waals surface area (Å²) in [6.45, 7) is 2.02. The summed E-state index contributed by atoms with van der Waals surface area (Å²) in [7, 11) is 0. The highest BCUT2D eigenvalue weighted by molar-refractivity contribution is 6.00. The molecule has 2 heteroatoms. The van der Waals surface area contributed by atoms with Crippen LogP contribution in [-0.2, 0) is 10.2 Å². The molecule has 2 nitrogen and oxygen atoms in total. The molecule has 3 rings (SSSR count). The zero-order valence-electron chi connectivity index (χ0n) is 11.7. The Morgan fingerprint density at radius 2 is 1.65 bits per heavy atom. The van der Waals surface area contributed by atoms with Crippen LogP contribution in [0.15, 0.2) is 54.6 Å². The van der Waals surface area contributed by atoms with Crippen LogP contribution in [0.5, 0.6) is 0 Å². The molecule has 1 aliphatic rings. The van der Waals surface area contributed by atoms with E-state index in [1.54, 1.807) is 0 Å². The van der Waals surface area contributed by atoms with E-state index < -0.39 is 0 Å². The molecule has 2 aromatic rings. The van der Waals surface area contributed by atoms with Crippen LogP contribution < -0.4 is 5.32 Å². The number of carbonyl (C=O) groups excluding carboxylic acids is 1. The van der Waals surface area contributed by atoms with Crippen molar-refractivity contribution in [1.29, 1.82) is 0 Å². The number of aryl methyl sites for hydroxylation is 1. The Bertz CT molecular complexity index is 614. The molecule has 0 atom stereocenters. The first kappa shape index (κ1) is 12.9. The van der Waals surface area contributed by atoms with E-state index in [0.29, 0.717) is 0 Å². The molecule has 1 amide bonds. The van der Waals surface area contributed by atoms with Gasteiger partial charge in [0.2, 0.25) is 5.91 Å². The van der Waals surface area contributed by atoms with E-state index in [1.165, 1.54) is 0 Å². The van der Waals surface area contributed by atoms with Crippen LogP contribution in [0.25, 0.3) is 0 Å². The van der Waals surface area contributed by atoms with Crippen LogP contribution >= 0.6 is 0 Å². The number of carbonyl (C=O) groups is 1. The summed E-state index contributed by atoms with van der Waals surface area (Å²) in [5.41, 5.74) is 2.82. The molecule has 1 fully saturated rings. The normalized spacial score (nSPS) is 16.2. The maximum Gasteiger partial charge on any atom is 0.235 e. The zero-order chi connectivity index (χ0) is 14.0. The predicted octanol–water partition coefficient (Wildman–Crippen LogP) is 4.06. The first-order chi connectivity index (χ1) is 9.72. The summed E-state index contributed by atoms with van der Waals surface area (Å²) < 4.78 is 0. The lowest BCUT2D eigenvalue weighted by atomic mass is 9.64. The number of hydrogen-bond donors (Lipinski definition) is 1. The van der Waals surface area contributed by atoms with Crippen LogP contribution in [0.4, 0.5) is 5.69 Å². The molecule has 2 aromatic carbocycles. The maximum atomic E-state index is 12.8. The second kappa shape index (κ2) is 5.12. The summed E-state index contributed by atoms with van der Waals surface area (Å²) >= 11 is 0. The van der Waals surface area contributed by atoms with Crippen LogP contribution in [0.3, 0.4) is 0 Å². The van der Waals surface area contributed by atoms with Gasteiger partial charge in [0, 0.05) is 5.69 Å². The number of nitrogens with one attached hydrogen (secondary N) is 1. The topological polar surface area (TPSA) is 29.1 Å². The van der Waals surface area contributed by atoms with Crippen molar-refractivity contribution in [3.8, 4) is 0 Å². The van der Waals surface area contributed by atoms with Crippen molar-refractivity contribution in [3.63, 3.8) is 0 Å². The molecule has 0 radical (unpaired) electrons. The molecular weight excluding hydrogens is 246 g/mol. The minimum atomic E-state index is -0.330. The fraction of sp³-hybridized carbons (Fsp3) is 0.278. The van der Waals surface area contributed by atoms with Gasteiger partial charge in [0.05, 0.1) is 5.41 Å². The molecule has 0 aromatic heterocycles. The van der Waals surface area contributed by atoms with Crippen LogP contribution in [0.2, 0.25) is 0 Å². The lowest BCUT2D eigenvalue weighted by Gasteiger charge is -2.40. The van der Waals surface area contributed by atoms with E-state index in [4.69, 9.17) is 0 Å². The molecule has 0 bridgehead atoms. The van der Waals surface area contributed by atoms with Gasteiger partial charge in [-0.3, -0.25) is 4.79 Å². The molecule has 1 N–H and O–H groups in total. The smallest absolute Gasteiger partial charge is 0.235 e. The van der Waals surface area contributed by atoms with E-state index >= 15 is 0 Å². The molecule has 0 heterocycles. The lowest BCUT2D eigenvalue weighted by Crippen LogP contribution is -2.46. The van der Waals surface area contributed by atoms with Crippen molar-refractivity contribution in [2.75, 3.05) is 5.32 Å².